The summed E-state index contributed by atoms with van der Waals surface area (Å²) in [5.74, 6) is 0.128. The molecule has 1 rings (SSSR count). The van der Waals surface area contributed by atoms with Gasteiger partial charge in [0.2, 0.25) is 0 Å². The van der Waals surface area contributed by atoms with Crippen LogP contribution in [-0.2, 0) is 11.2 Å². The van der Waals surface area contributed by atoms with Crippen LogP contribution in [0.25, 0.3) is 0 Å². The van der Waals surface area contributed by atoms with Gasteiger partial charge < -0.3 is 14.8 Å². The van der Waals surface area contributed by atoms with Gasteiger partial charge >= 0.3 is 5.97 Å². The summed E-state index contributed by atoms with van der Waals surface area (Å²) in [6.07, 6.45) is 2.42. The molecule has 0 radical (unpaired) electrons. The molecule has 84 valence electrons. The maximum atomic E-state index is 10.8. The van der Waals surface area contributed by atoms with E-state index in [0.29, 0.717) is 6.54 Å². The summed E-state index contributed by atoms with van der Waals surface area (Å²) in [4.78, 5) is 10.8. The van der Waals surface area contributed by atoms with Crippen molar-refractivity contribution in [2.24, 2.45) is 5.41 Å². The molecule has 15 heavy (non-hydrogen) atoms. The fourth-order valence-electron chi connectivity index (χ4n) is 1.14. The first-order valence-corrected chi connectivity index (χ1v) is 4.99. The second kappa shape index (κ2) is 4.98. The minimum Gasteiger partial charge on any atom is -0.481 e. The lowest BCUT2D eigenvalue weighted by atomic mass is 9.94. The highest BCUT2D eigenvalue weighted by atomic mass is 16.4. The van der Waals surface area contributed by atoms with Crippen LogP contribution in [0.3, 0.4) is 0 Å². The van der Waals surface area contributed by atoms with Crippen LogP contribution in [-0.4, -0.2) is 24.2 Å². The Morgan fingerprint density at radius 3 is 2.87 bits per heavy atom. The van der Waals surface area contributed by atoms with E-state index in [2.05, 4.69) is 5.32 Å². The number of carboxylic acid groups (broad SMARTS) is 1. The number of carbonyl (C=O) groups is 1. The summed E-state index contributed by atoms with van der Waals surface area (Å²) >= 11 is 0. The molecule has 0 atom stereocenters. The van der Waals surface area contributed by atoms with Crippen molar-refractivity contribution in [1.82, 2.24) is 5.32 Å². The van der Waals surface area contributed by atoms with Crippen LogP contribution < -0.4 is 5.32 Å². The normalized spacial score (nSPS) is 11.6. The van der Waals surface area contributed by atoms with Crippen LogP contribution in [0.2, 0.25) is 0 Å². The topological polar surface area (TPSA) is 62.5 Å². The smallest absolute Gasteiger partial charge is 0.310 e. The fraction of sp³-hybridized carbons (Fsp3) is 0.545. The van der Waals surface area contributed by atoms with Gasteiger partial charge in [0.05, 0.1) is 11.7 Å². The molecule has 0 unspecified atom stereocenters. The average molecular weight is 211 g/mol. The third kappa shape index (κ3) is 3.75. The van der Waals surface area contributed by atoms with E-state index < -0.39 is 11.4 Å². The van der Waals surface area contributed by atoms with Crippen LogP contribution in [0.5, 0.6) is 0 Å². The van der Waals surface area contributed by atoms with E-state index in [1.165, 1.54) is 0 Å². The average Bonchev–Trinajstić information content (AvgIpc) is 2.64. The van der Waals surface area contributed by atoms with Crippen LogP contribution >= 0.6 is 0 Å². The van der Waals surface area contributed by atoms with Crippen molar-refractivity contribution in [1.29, 1.82) is 0 Å². The second-order valence-corrected chi connectivity index (χ2v) is 4.20. The van der Waals surface area contributed by atoms with E-state index >= 15 is 0 Å². The molecule has 0 amide bonds. The van der Waals surface area contributed by atoms with Gasteiger partial charge in [-0.1, -0.05) is 0 Å². The zero-order valence-electron chi connectivity index (χ0n) is 9.12. The zero-order valence-corrected chi connectivity index (χ0v) is 9.12. The molecule has 0 bridgehead atoms. The Bertz CT molecular complexity index is 304. The minimum absolute atomic E-state index is 0.461. The Morgan fingerprint density at radius 1 is 1.60 bits per heavy atom. The summed E-state index contributed by atoms with van der Waals surface area (Å²) in [5.41, 5.74) is -0.719. The van der Waals surface area contributed by atoms with Crippen LogP contribution in [0, 0.1) is 5.41 Å². The monoisotopic (exact) mass is 211 g/mol. The van der Waals surface area contributed by atoms with E-state index in [9.17, 15) is 4.79 Å². The Labute approximate surface area is 89.3 Å². The van der Waals surface area contributed by atoms with Crippen molar-refractivity contribution in [2.45, 2.75) is 20.3 Å². The molecule has 0 aliphatic carbocycles. The molecule has 0 aliphatic heterocycles. The number of carboxylic acids is 1. The van der Waals surface area contributed by atoms with Gasteiger partial charge in [-0.05, 0) is 26.0 Å². The zero-order chi connectivity index (χ0) is 11.3. The summed E-state index contributed by atoms with van der Waals surface area (Å²) in [6.45, 7) is 4.59. The number of rotatable bonds is 6. The molecule has 4 heteroatoms. The van der Waals surface area contributed by atoms with Gasteiger partial charge in [-0.25, -0.2) is 0 Å². The summed E-state index contributed by atoms with van der Waals surface area (Å²) in [6, 6.07) is 3.75. The summed E-state index contributed by atoms with van der Waals surface area (Å²) in [7, 11) is 0. The van der Waals surface area contributed by atoms with Gasteiger partial charge in [-0.3, -0.25) is 4.79 Å². The summed E-state index contributed by atoms with van der Waals surface area (Å²) in [5, 5.41) is 12.0. The van der Waals surface area contributed by atoms with E-state index in [4.69, 9.17) is 9.52 Å². The largest absolute Gasteiger partial charge is 0.481 e. The lowest BCUT2D eigenvalue weighted by molar-refractivity contribution is -0.146. The molecule has 4 nitrogen and oxygen atoms in total. The Balaban J connectivity index is 2.19. The van der Waals surface area contributed by atoms with Gasteiger partial charge in [-0.2, -0.15) is 0 Å². The molecule has 0 fully saturated rings. The lowest BCUT2D eigenvalue weighted by Crippen LogP contribution is -2.36. The van der Waals surface area contributed by atoms with Crippen molar-refractivity contribution in [3.8, 4) is 0 Å². The minimum atomic E-state index is -0.784. The molecule has 0 aliphatic rings. The van der Waals surface area contributed by atoms with E-state index in [1.807, 2.05) is 12.1 Å². The highest BCUT2D eigenvalue weighted by Crippen LogP contribution is 2.12. The predicted molar refractivity (Wildman–Crippen MR) is 56.7 cm³/mol. The van der Waals surface area contributed by atoms with Crippen molar-refractivity contribution < 1.29 is 14.3 Å². The Kier molecular flexibility index (Phi) is 3.91. The maximum absolute atomic E-state index is 10.8. The molecule has 1 aromatic rings. The molecular formula is C11H17NO3. The van der Waals surface area contributed by atoms with Gasteiger partial charge in [-0.15, -0.1) is 0 Å². The number of hydrogen-bond acceptors (Lipinski definition) is 3. The molecule has 0 aromatic carbocycles. The SMILES string of the molecule is CC(C)(CNCCc1ccco1)C(=O)O. The third-order valence-electron chi connectivity index (χ3n) is 2.27. The molecule has 1 heterocycles. The lowest BCUT2D eigenvalue weighted by Gasteiger charge is -2.19. The fourth-order valence-corrected chi connectivity index (χ4v) is 1.14. The highest BCUT2D eigenvalue weighted by Gasteiger charge is 2.26. The quantitative estimate of drug-likeness (QED) is 0.700. The van der Waals surface area contributed by atoms with Crippen LogP contribution in [0.4, 0.5) is 0 Å². The summed E-state index contributed by atoms with van der Waals surface area (Å²) < 4.78 is 5.16. The van der Waals surface area contributed by atoms with Crippen LogP contribution in [0.1, 0.15) is 19.6 Å². The number of furan rings is 1. The third-order valence-corrected chi connectivity index (χ3v) is 2.27. The number of nitrogens with one attached hydrogen (secondary N) is 1. The predicted octanol–water partition coefficient (Wildman–Crippen LogP) is 1.52. The van der Waals surface area contributed by atoms with Gasteiger partial charge in [0, 0.05) is 19.5 Å². The Hall–Kier alpha value is -1.29. The Morgan fingerprint density at radius 2 is 2.33 bits per heavy atom. The van der Waals surface area contributed by atoms with Crippen molar-refractivity contribution >= 4 is 5.97 Å². The van der Waals surface area contributed by atoms with Gasteiger partial charge in [0.1, 0.15) is 5.76 Å². The molecule has 0 saturated carbocycles. The van der Waals surface area contributed by atoms with Gasteiger partial charge in [0.25, 0.3) is 0 Å². The molecule has 0 spiro atoms. The first kappa shape index (κ1) is 11.8. The van der Waals surface area contributed by atoms with E-state index in [-0.39, 0.29) is 0 Å². The van der Waals surface area contributed by atoms with Crippen molar-refractivity contribution in [3.05, 3.63) is 24.2 Å². The van der Waals surface area contributed by atoms with Gasteiger partial charge in [0.15, 0.2) is 0 Å². The van der Waals surface area contributed by atoms with Crippen LogP contribution in [0.15, 0.2) is 22.8 Å². The molecular weight excluding hydrogens is 194 g/mol. The number of hydrogen-bond donors (Lipinski definition) is 2. The van der Waals surface area contributed by atoms with E-state index in [1.54, 1.807) is 20.1 Å². The number of aliphatic carboxylic acids is 1. The maximum Gasteiger partial charge on any atom is 0.310 e. The first-order chi connectivity index (χ1) is 7.02. The van der Waals surface area contributed by atoms with E-state index in [0.717, 1.165) is 18.7 Å². The van der Waals surface area contributed by atoms with Crippen molar-refractivity contribution in [3.63, 3.8) is 0 Å². The highest BCUT2D eigenvalue weighted by molar-refractivity contribution is 5.73. The second-order valence-electron chi connectivity index (χ2n) is 4.20. The molecule has 2 N–H and O–H groups in total. The standard InChI is InChI=1S/C11H17NO3/c1-11(2,10(13)14)8-12-6-5-9-4-3-7-15-9/h3-4,7,12H,5-6,8H2,1-2H3,(H,13,14). The molecule has 0 saturated heterocycles. The first-order valence-electron chi connectivity index (χ1n) is 4.99. The molecule has 1 aromatic heterocycles. The van der Waals surface area contributed by atoms with Crippen molar-refractivity contribution in [2.75, 3.05) is 13.1 Å².